The van der Waals surface area contributed by atoms with Crippen molar-refractivity contribution in [3.63, 3.8) is 0 Å². The molecule has 0 fully saturated rings. The van der Waals surface area contributed by atoms with E-state index in [1.54, 1.807) is 0 Å². The van der Waals surface area contributed by atoms with Crippen molar-refractivity contribution >= 4 is 32.6 Å². The fraction of sp³-hybridized carbons (Fsp3) is 0.200. The van der Waals surface area contributed by atoms with Gasteiger partial charge in [-0.05, 0) is 23.7 Å². The Bertz CT molecular complexity index is 610. The maximum absolute atomic E-state index is 12.0. The van der Waals surface area contributed by atoms with Crippen molar-refractivity contribution in [2.75, 3.05) is 7.05 Å². The standard InChI is InChI=1S/C10H8ClNO4S/c1-12-8(10(11)14)9(13)6-4-2-3-5-7(6)17(12,15)16/h2-5,8H,1H3. The zero-order chi connectivity index (χ0) is 12.8. The quantitative estimate of drug-likeness (QED) is 0.556. The SMILES string of the molecule is CN1C(C(=O)Cl)C(=O)c2ccccc2S1(=O)=O. The van der Waals surface area contributed by atoms with Crippen LogP contribution in [0.25, 0.3) is 0 Å². The zero-order valence-corrected chi connectivity index (χ0v) is 10.3. The fourth-order valence-corrected chi connectivity index (χ4v) is 3.53. The summed E-state index contributed by atoms with van der Waals surface area (Å²) in [7, 11) is -2.68. The van der Waals surface area contributed by atoms with Gasteiger partial charge >= 0.3 is 0 Å². The van der Waals surface area contributed by atoms with Crippen molar-refractivity contribution in [1.29, 1.82) is 0 Å². The Hall–Kier alpha value is -1.24. The monoisotopic (exact) mass is 273 g/mol. The van der Waals surface area contributed by atoms with Crippen LogP contribution < -0.4 is 0 Å². The minimum atomic E-state index is -3.84. The molecule has 0 amide bonds. The van der Waals surface area contributed by atoms with Gasteiger partial charge in [0.05, 0.1) is 4.90 Å². The van der Waals surface area contributed by atoms with Crippen molar-refractivity contribution in [2.24, 2.45) is 0 Å². The maximum atomic E-state index is 12.0. The van der Waals surface area contributed by atoms with E-state index in [2.05, 4.69) is 0 Å². The van der Waals surface area contributed by atoms with E-state index in [1.807, 2.05) is 0 Å². The number of benzene rings is 1. The molecule has 0 aromatic heterocycles. The zero-order valence-electron chi connectivity index (χ0n) is 8.75. The molecule has 0 radical (unpaired) electrons. The van der Waals surface area contributed by atoms with Gasteiger partial charge in [0.25, 0.3) is 0 Å². The number of Topliss-reactive ketones (excluding diaryl/α,β-unsaturated/α-hetero) is 1. The van der Waals surface area contributed by atoms with Crippen LogP contribution in [0, 0.1) is 0 Å². The van der Waals surface area contributed by atoms with E-state index in [0.29, 0.717) is 4.31 Å². The Kier molecular flexibility index (Phi) is 2.81. The van der Waals surface area contributed by atoms with E-state index < -0.39 is 27.1 Å². The fourth-order valence-electron chi connectivity index (χ4n) is 1.75. The summed E-state index contributed by atoms with van der Waals surface area (Å²) in [5.74, 6) is -0.599. The highest BCUT2D eigenvalue weighted by Gasteiger charge is 2.44. The van der Waals surface area contributed by atoms with E-state index >= 15 is 0 Å². The molecule has 0 bridgehead atoms. The number of carbonyl (C=O) groups is 2. The molecular weight excluding hydrogens is 266 g/mol. The van der Waals surface area contributed by atoms with Gasteiger partial charge in [0.15, 0.2) is 11.8 Å². The molecule has 1 aromatic carbocycles. The third kappa shape index (κ3) is 1.69. The third-order valence-corrected chi connectivity index (χ3v) is 4.72. The summed E-state index contributed by atoms with van der Waals surface area (Å²) in [5, 5.41) is -1.00. The van der Waals surface area contributed by atoms with Crippen LogP contribution in [0.5, 0.6) is 0 Å². The minimum absolute atomic E-state index is 0.00426. The lowest BCUT2D eigenvalue weighted by molar-refractivity contribution is -0.113. The van der Waals surface area contributed by atoms with E-state index in [4.69, 9.17) is 11.6 Å². The highest BCUT2D eigenvalue weighted by molar-refractivity contribution is 7.89. The second kappa shape index (κ2) is 3.90. The lowest BCUT2D eigenvalue weighted by atomic mass is 10.0. The Morgan fingerprint density at radius 1 is 1.35 bits per heavy atom. The van der Waals surface area contributed by atoms with Gasteiger partial charge in [0.1, 0.15) is 0 Å². The first-order valence-electron chi connectivity index (χ1n) is 4.68. The van der Waals surface area contributed by atoms with Gasteiger partial charge in [-0.1, -0.05) is 12.1 Å². The normalized spacial score (nSPS) is 23.2. The molecule has 1 heterocycles. The van der Waals surface area contributed by atoms with Crippen molar-refractivity contribution in [3.8, 4) is 0 Å². The van der Waals surface area contributed by atoms with Crippen LogP contribution in [-0.2, 0) is 14.8 Å². The van der Waals surface area contributed by atoms with Crippen molar-refractivity contribution in [1.82, 2.24) is 4.31 Å². The highest BCUT2D eigenvalue weighted by atomic mass is 35.5. The number of ketones is 1. The van der Waals surface area contributed by atoms with Gasteiger partial charge in [0, 0.05) is 12.6 Å². The summed E-state index contributed by atoms with van der Waals surface area (Å²) in [6.07, 6.45) is 0. The summed E-state index contributed by atoms with van der Waals surface area (Å²) < 4.78 is 24.8. The summed E-state index contributed by atoms with van der Waals surface area (Å²) in [6.45, 7) is 0. The first-order chi connectivity index (χ1) is 7.87. The van der Waals surface area contributed by atoms with Crippen LogP contribution >= 0.6 is 11.6 Å². The number of fused-ring (bicyclic) bond motifs is 1. The maximum Gasteiger partial charge on any atom is 0.247 e. The molecule has 1 aromatic rings. The molecule has 0 saturated heterocycles. The Morgan fingerprint density at radius 2 is 1.94 bits per heavy atom. The molecule has 5 nitrogen and oxygen atoms in total. The lowest BCUT2D eigenvalue weighted by Gasteiger charge is -2.29. The van der Waals surface area contributed by atoms with Crippen molar-refractivity contribution in [2.45, 2.75) is 10.9 Å². The molecule has 0 N–H and O–H groups in total. The van der Waals surface area contributed by atoms with Gasteiger partial charge < -0.3 is 0 Å². The predicted octanol–water partition coefficient (Wildman–Crippen LogP) is 0.637. The molecule has 0 spiro atoms. The van der Waals surface area contributed by atoms with Crippen LogP contribution in [0.3, 0.4) is 0 Å². The number of carbonyl (C=O) groups excluding carboxylic acids is 2. The van der Waals surface area contributed by atoms with Crippen LogP contribution in [0.1, 0.15) is 10.4 Å². The first kappa shape index (κ1) is 12.2. The Morgan fingerprint density at radius 3 is 2.53 bits per heavy atom. The summed E-state index contributed by atoms with van der Waals surface area (Å²) in [6, 6.07) is 4.27. The third-order valence-electron chi connectivity index (χ3n) is 2.64. The van der Waals surface area contributed by atoms with Crippen LogP contribution in [-0.4, -0.2) is 36.8 Å². The summed E-state index contributed by atoms with van der Waals surface area (Å²) >= 11 is 5.27. The van der Waals surface area contributed by atoms with E-state index in [1.165, 1.54) is 24.3 Å². The van der Waals surface area contributed by atoms with Crippen LogP contribution in [0.15, 0.2) is 29.2 Å². The molecule has 1 atom stereocenters. The molecule has 7 heteroatoms. The summed E-state index contributed by atoms with van der Waals surface area (Å²) in [5.41, 5.74) is 0.00426. The predicted molar refractivity (Wildman–Crippen MR) is 60.4 cm³/mol. The molecule has 90 valence electrons. The summed E-state index contributed by atoms with van der Waals surface area (Å²) in [4.78, 5) is 23.0. The number of rotatable bonds is 1. The first-order valence-corrected chi connectivity index (χ1v) is 6.50. The number of hydrogen-bond acceptors (Lipinski definition) is 4. The minimum Gasteiger partial charge on any atom is -0.292 e. The van der Waals surface area contributed by atoms with E-state index in [-0.39, 0.29) is 10.5 Å². The Labute approximate surface area is 103 Å². The molecule has 2 rings (SSSR count). The smallest absolute Gasteiger partial charge is 0.247 e. The van der Waals surface area contributed by atoms with Gasteiger partial charge in [-0.25, -0.2) is 8.42 Å². The van der Waals surface area contributed by atoms with Crippen molar-refractivity contribution < 1.29 is 18.0 Å². The molecule has 1 aliphatic rings. The lowest BCUT2D eigenvalue weighted by Crippen LogP contribution is -2.50. The average molecular weight is 274 g/mol. The molecule has 17 heavy (non-hydrogen) atoms. The van der Waals surface area contributed by atoms with E-state index in [0.717, 1.165) is 7.05 Å². The Balaban J connectivity index is 2.75. The topological polar surface area (TPSA) is 71.5 Å². The number of halogens is 1. The average Bonchev–Trinajstić information content (AvgIpc) is 2.27. The van der Waals surface area contributed by atoms with Crippen LogP contribution in [0.2, 0.25) is 0 Å². The molecule has 0 aliphatic carbocycles. The highest BCUT2D eigenvalue weighted by Crippen LogP contribution is 2.29. The number of sulfonamides is 1. The molecular formula is C10H8ClNO4S. The van der Waals surface area contributed by atoms with Gasteiger partial charge in [0.2, 0.25) is 15.3 Å². The molecule has 0 saturated carbocycles. The molecule has 1 aliphatic heterocycles. The van der Waals surface area contributed by atoms with Gasteiger partial charge in [-0.2, -0.15) is 4.31 Å². The second-order valence-corrected chi connectivity index (χ2v) is 5.93. The second-order valence-electron chi connectivity index (χ2n) is 3.59. The number of nitrogens with zero attached hydrogens (tertiary/aromatic N) is 1. The molecule has 1 unspecified atom stereocenters. The number of likely N-dealkylation sites (N-methyl/N-ethyl adjacent to an activating group) is 1. The largest absolute Gasteiger partial charge is 0.292 e. The van der Waals surface area contributed by atoms with Gasteiger partial charge in [-0.3, -0.25) is 9.59 Å². The van der Waals surface area contributed by atoms with Crippen molar-refractivity contribution in [3.05, 3.63) is 29.8 Å². The van der Waals surface area contributed by atoms with Gasteiger partial charge in [-0.15, -0.1) is 0 Å². The van der Waals surface area contributed by atoms with E-state index in [9.17, 15) is 18.0 Å². The number of hydrogen-bond donors (Lipinski definition) is 0. The van der Waals surface area contributed by atoms with Crippen LogP contribution in [0.4, 0.5) is 0 Å².